The first-order valence-electron chi connectivity index (χ1n) is 11.9. The molecule has 0 aliphatic carbocycles. The molecule has 9 heteroatoms. The van der Waals surface area contributed by atoms with E-state index in [9.17, 15) is 19.1 Å². The third-order valence-corrected chi connectivity index (χ3v) is 6.92. The van der Waals surface area contributed by atoms with Crippen molar-refractivity contribution >= 4 is 29.3 Å². The monoisotopic (exact) mass is 534 g/mol. The number of halogens is 1. The Balaban J connectivity index is 1.49. The van der Waals surface area contributed by atoms with Crippen molar-refractivity contribution in [3.05, 3.63) is 89.9 Å². The van der Waals surface area contributed by atoms with Gasteiger partial charge in [-0.15, -0.1) is 0 Å². The molecular formula is C29H27FN2O5S. The lowest BCUT2D eigenvalue weighted by molar-refractivity contribution is -0.152. The summed E-state index contributed by atoms with van der Waals surface area (Å²) in [4.78, 5) is 24.7. The van der Waals surface area contributed by atoms with Gasteiger partial charge in [0, 0.05) is 0 Å². The molecule has 0 bridgehead atoms. The summed E-state index contributed by atoms with van der Waals surface area (Å²) in [7, 11) is 0. The number of carboxylic acid groups (broad SMARTS) is 1. The molecule has 7 nitrogen and oxygen atoms in total. The molecule has 0 saturated carbocycles. The van der Waals surface area contributed by atoms with E-state index in [1.54, 1.807) is 6.07 Å². The predicted molar refractivity (Wildman–Crippen MR) is 145 cm³/mol. The summed E-state index contributed by atoms with van der Waals surface area (Å²) in [6, 6.07) is 21.2. The summed E-state index contributed by atoms with van der Waals surface area (Å²) in [5.74, 6) is -1.99. The zero-order chi connectivity index (χ0) is 27.4. The van der Waals surface area contributed by atoms with Crippen LogP contribution < -0.4 is 10.1 Å². The molecule has 2 N–H and O–H groups in total. The molecule has 0 aliphatic rings. The molecule has 1 amide bonds. The molecule has 4 aromatic rings. The number of aliphatic carboxylic acids is 1. The van der Waals surface area contributed by atoms with Crippen LogP contribution in [0.1, 0.15) is 38.1 Å². The number of ether oxygens (including phenoxy) is 2. The maximum Gasteiger partial charge on any atom is 0.412 e. The Kier molecular flexibility index (Phi) is 7.78. The van der Waals surface area contributed by atoms with Crippen LogP contribution in [0.3, 0.4) is 0 Å². The molecule has 1 heterocycles. The highest BCUT2D eigenvalue weighted by molar-refractivity contribution is 7.10. The van der Waals surface area contributed by atoms with Crippen molar-refractivity contribution in [3.8, 4) is 27.3 Å². The highest BCUT2D eigenvalue weighted by atomic mass is 32.1. The fourth-order valence-electron chi connectivity index (χ4n) is 3.69. The quantitative estimate of drug-likeness (QED) is 0.243. The minimum absolute atomic E-state index is 0.137. The second kappa shape index (κ2) is 11.0. The molecule has 0 aliphatic heterocycles. The molecule has 196 valence electrons. The fraction of sp³-hybridized carbons (Fsp3) is 0.207. The van der Waals surface area contributed by atoms with Crippen LogP contribution in [0.2, 0.25) is 0 Å². The summed E-state index contributed by atoms with van der Waals surface area (Å²) in [6.07, 6.45) is -0.996. The van der Waals surface area contributed by atoms with E-state index in [-0.39, 0.29) is 5.75 Å². The summed E-state index contributed by atoms with van der Waals surface area (Å²) >= 11 is 1.26. The lowest BCUT2D eigenvalue weighted by Gasteiger charge is -2.22. The molecule has 1 aromatic heterocycles. The number of nitrogens with zero attached hydrogens (tertiary/aromatic N) is 1. The standard InChI is InChI=1S/C29H27FN2O5S/c1-17-25(31-28(35)36-18(2)19-8-6-5-7-9-19)26(38-32-17)21-12-10-20(11-13-21)22-14-15-24(23(30)16-22)37-29(3,4)27(33)34/h5-16,18H,1-4H3,(H,31,35)(H,33,34)/t18-/m1/s1. The summed E-state index contributed by atoms with van der Waals surface area (Å²) < 4.78 is 29.9. The van der Waals surface area contributed by atoms with Gasteiger partial charge < -0.3 is 14.6 Å². The van der Waals surface area contributed by atoms with Crippen molar-refractivity contribution < 1.29 is 28.6 Å². The Labute approximate surface area is 224 Å². The molecular weight excluding hydrogens is 507 g/mol. The first kappa shape index (κ1) is 26.8. The van der Waals surface area contributed by atoms with Crippen LogP contribution in [0.4, 0.5) is 14.9 Å². The molecule has 4 rings (SSSR count). The molecule has 3 aromatic carbocycles. The predicted octanol–water partition coefficient (Wildman–Crippen LogP) is 7.48. The van der Waals surface area contributed by atoms with Gasteiger partial charge in [0.2, 0.25) is 0 Å². The molecule has 38 heavy (non-hydrogen) atoms. The summed E-state index contributed by atoms with van der Waals surface area (Å²) in [6.45, 7) is 6.33. The number of nitrogens with one attached hydrogen (secondary N) is 1. The van der Waals surface area contributed by atoms with Crippen molar-refractivity contribution in [1.82, 2.24) is 4.37 Å². The van der Waals surface area contributed by atoms with E-state index in [1.165, 1.54) is 37.5 Å². The second-order valence-corrected chi connectivity index (χ2v) is 9.97. The highest BCUT2D eigenvalue weighted by Gasteiger charge is 2.30. The molecule has 0 saturated heterocycles. The Hall–Kier alpha value is -4.24. The minimum Gasteiger partial charge on any atom is -0.478 e. The van der Waals surface area contributed by atoms with Crippen LogP contribution in [0.15, 0.2) is 72.8 Å². The van der Waals surface area contributed by atoms with Crippen LogP contribution >= 0.6 is 11.5 Å². The van der Waals surface area contributed by atoms with Gasteiger partial charge in [-0.2, -0.15) is 4.37 Å². The SMILES string of the molecule is Cc1nsc(-c2ccc(-c3ccc(OC(C)(C)C(=O)O)c(F)c3)cc2)c1NC(=O)O[C@H](C)c1ccccc1. The molecule has 0 fully saturated rings. The average Bonchev–Trinajstić information content (AvgIpc) is 3.25. The lowest BCUT2D eigenvalue weighted by atomic mass is 10.0. The second-order valence-electron chi connectivity index (χ2n) is 9.20. The minimum atomic E-state index is -1.56. The van der Waals surface area contributed by atoms with Gasteiger partial charge in [-0.05, 0) is 73.6 Å². The van der Waals surface area contributed by atoms with Gasteiger partial charge in [-0.25, -0.2) is 14.0 Å². The van der Waals surface area contributed by atoms with Gasteiger partial charge in [0.25, 0.3) is 0 Å². The third kappa shape index (κ3) is 6.00. The van der Waals surface area contributed by atoms with Crippen molar-refractivity contribution in [2.45, 2.75) is 39.4 Å². The Morgan fingerprint density at radius 2 is 1.63 bits per heavy atom. The van der Waals surface area contributed by atoms with Gasteiger partial charge in [0.1, 0.15) is 6.10 Å². The number of aromatic nitrogens is 1. The maximum absolute atomic E-state index is 14.7. The molecule has 0 spiro atoms. The normalized spacial score (nSPS) is 12.0. The highest BCUT2D eigenvalue weighted by Crippen LogP contribution is 2.36. The first-order chi connectivity index (χ1) is 18.0. The number of benzene rings is 3. The lowest BCUT2D eigenvalue weighted by Crippen LogP contribution is -2.38. The summed E-state index contributed by atoms with van der Waals surface area (Å²) in [5, 5.41) is 12.0. The van der Waals surface area contributed by atoms with Crippen molar-refractivity contribution in [2.24, 2.45) is 0 Å². The summed E-state index contributed by atoms with van der Waals surface area (Å²) in [5.41, 5.74) is 2.75. The van der Waals surface area contributed by atoms with Crippen LogP contribution in [0, 0.1) is 12.7 Å². The number of hydrogen-bond acceptors (Lipinski definition) is 6. The number of carbonyl (C=O) groups excluding carboxylic acids is 1. The van der Waals surface area contributed by atoms with Gasteiger partial charge in [0.15, 0.2) is 17.2 Å². The van der Waals surface area contributed by atoms with E-state index in [4.69, 9.17) is 9.47 Å². The Morgan fingerprint density at radius 3 is 2.26 bits per heavy atom. The average molecular weight is 535 g/mol. The van der Waals surface area contributed by atoms with E-state index < -0.39 is 29.6 Å². The van der Waals surface area contributed by atoms with Gasteiger partial charge >= 0.3 is 12.1 Å². The van der Waals surface area contributed by atoms with E-state index in [2.05, 4.69) is 9.69 Å². The van der Waals surface area contributed by atoms with Crippen LogP contribution in [0.25, 0.3) is 21.6 Å². The van der Waals surface area contributed by atoms with Crippen LogP contribution in [0.5, 0.6) is 5.75 Å². The topological polar surface area (TPSA) is 97.8 Å². The Morgan fingerprint density at radius 1 is 1.00 bits per heavy atom. The van der Waals surface area contributed by atoms with Crippen molar-refractivity contribution in [3.63, 3.8) is 0 Å². The maximum atomic E-state index is 14.7. The van der Waals surface area contributed by atoms with E-state index in [0.29, 0.717) is 16.9 Å². The van der Waals surface area contributed by atoms with Gasteiger partial charge in [-0.3, -0.25) is 5.32 Å². The van der Waals surface area contributed by atoms with Crippen LogP contribution in [-0.4, -0.2) is 27.1 Å². The first-order valence-corrected chi connectivity index (χ1v) is 12.6. The number of hydrogen-bond donors (Lipinski definition) is 2. The number of aryl methyl sites for hydroxylation is 1. The van der Waals surface area contributed by atoms with Gasteiger partial charge in [-0.1, -0.05) is 60.7 Å². The zero-order valence-electron chi connectivity index (χ0n) is 21.3. The van der Waals surface area contributed by atoms with Crippen molar-refractivity contribution in [1.29, 1.82) is 0 Å². The van der Waals surface area contributed by atoms with E-state index in [1.807, 2.05) is 68.4 Å². The number of anilines is 1. The van der Waals surface area contributed by atoms with E-state index >= 15 is 0 Å². The smallest absolute Gasteiger partial charge is 0.412 e. The van der Waals surface area contributed by atoms with E-state index in [0.717, 1.165) is 21.6 Å². The van der Waals surface area contributed by atoms with Gasteiger partial charge in [0.05, 0.1) is 16.3 Å². The molecule has 0 radical (unpaired) electrons. The van der Waals surface area contributed by atoms with Crippen molar-refractivity contribution in [2.75, 3.05) is 5.32 Å². The Bertz CT molecular complexity index is 1450. The fourth-order valence-corrected chi connectivity index (χ4v) is 4.54. The molecule has 0 unspecified atom stereocenters. The number of carboxylic acids is 1. The third-order valence-electron chi connectivity index (χ3n) is 5.94. The number of amides is 1. The number of carbonyl (C=O) groups is 2. The largest absolute Gasteiger partial charge is 0.478 e. The van der Waals surface area contributed by atoms with Crippen LogP contribution in [-0.2, 0) is 9.53 Å². The number of rotatable bonds is 8. The zero-order valence-corrected chi connectivity index (χ0v) is 22.1. The molecule has 1 atom stereocenters.